The van der Waals surface area contributed by atoms with Gasteiger partial charge in [-0.3, -0.25) is 4.79 Å². The van der Waals surface area contributed by atoms with E-state index < -0.39 is 12.0 Å². The average molecular weight is 236 g/mol. The standard InChI is InChI=1S/C6H5N3.C5H11NO2/c1-2-5-6(7-3-1)9-4-8-5;1-3(2)4(6)5(7)8/h1-4H,(H,7,8,9);3-4H,6H2,1-2H3,(H,7,8)/t;4-/m.0/s1. The number of hydrogen-bond acceptors (Lipinski definition) is 4. The SMILES string of the molecule is CC(C)[C@H](N)C(=O)O.c1cnc2nc[nH]c2c1. The Balaban J connectivity index is 0.000000172. The molecular weight excluding hydrogens is 220 g/mol. The summed E-state index contributed by atoms with van der Waals surface area (Å²) in [7, 11) is 0. The summed E-state index contributed by atoms with van der Waals surface area (Å²) in [5, 5.41) is 8.23. The molecule has 0 bridgehead atoms. The number of rotatable bonds is 2. The molecule has 4 N–H and O–H groups in total. The van der Waals surface area contributed by atoms with Gasteiger partial charge in [-0.25, -0.2) is 9.97 Å². The fourth-order valence-electron chi connectivity index (χ4n) is 1.06. The van der Waals surface area contributed by atoms with E-state index in [0.29, 0.717) is 0 Å². The van der Waals surface area contributed by atoms with Crippen molar-refractivity contribution in [2.45, 2.75) is 19.9 Å². The van der Waals surface area contributed by atoms with E-state index in [9.17, 15) is 4.79 Å². The summed E-state index contributed by atoms with van der Waals surface area (Å²) in [6.45, 7) is 3.55. The molecule has 0 aliphatic rings. The molecule has 0 saturated heterocycles. The summed E-state index contributed by atoms with van der Waals surface area (Å²) in [4.78, 5) is 20.9. The number of imidazole rings is 1. The van der Waals surface area contributed by atoms with E-state index in [1.54, 1.807) is 26.4 Å². The van der Waals surface area contributed by atoms with Gasteiger partial charge in [0.1, 0.15) is 6.04 Å². The van der Waals surface area contributed by atoms with Crippen LogP contribution in [0.1, 0.15) is 13.8 Å². The zero-order valence-electron chi connectivity index (χ0n) is 9.79. The zero-order valence-corrected chi connectivity index (χ0v) is 9.79. The Morgan fingerprint density at radius 2 is 2.18 bits per heavy atom. The van der Waals surface area contributed by atoms with Crippen molar-refractivity contribution in [3.8, 4) is 0 Å². The first-order valence-electron chi connectivity index (χ1n) is 5.25. The zero-order chi connectivity index (χ0) is 12.8. The van der Waals surface area contributed by atoms with E-state index in [4.69, 9.17) is 10.8 Å². The smallest absolute Gasteiger partial charge is 0.320 e. The van der Waals surface area contributed by atoms with E-state index in [-0.39, 0.29) is 5.92 Å². The van der Waals surface area contributed by atoms with Crippen molar-refractivity contribution in [3.05, 3.63) is 24.7 Å². The number of pyridine rings is 1. The van der Waals surface area contributed by atoms with Gasteiger partial charge < -0.3 is 15.8 Å². The van der Waals surface area contributed by atoms with Crippen LogP contribution in [-0.4, -0.2) is 32.1 Å². The fraction of sp³-hybridized carbons (Fsp3) is 0.364. The topological polar surface area (TPSA) is 105 Å². The van der Waals surface area contributed by atoms with Crippen LogP contribution in [0, 0.1) is 5.92 Å². The van der Waals surface area contributed by atoms with Crippen molar-refractivity contribution in [2.75, 3.05) is 0 Å². The van der Waals surface area contributed by atoms with E-state index in [0.717, 1.165) is 11.2 Å². The quantitative estimate of drug-likeness (QED) is 0.721. The lowest BCUT2D eigenvalue weighted by Gasteiger charge is -2.07. The van der Waals surface area contributed by atoms with Gasteiger partial charge in [0.15, 0.2) is 5.65 Å². The minimum absolute atomic E-state index is 0.0208. The van der Waals surface area contributed by atoms with Gasteiger partial charge in [0, 0.05) is 6.20 Å². The molecular formula is C11H16N4O2. The lowest BCUT2D eigenvalue weighted by atomic mass is 10.1. The Morgan fingerprint density at radius 3 is 2.65 bits per heavy atom. The average Bonchev–Trinajstić information content (AvgIpc) is 2.76. The van der Waals surface area contributed by atoms with Gasteiger partial charge in [-0.2, -0.15) is 0 Å². The molecule has 0 radical (unpaired) electrons. The molecule has 1 atom stereocenters. The number of aromatic amines is 1. The maximum atomic E-state index is 10.0. The van der Waals surface area contributed by atoms with Crippen molar-refractivity contribution in [3.63, 3.8) is 0 Å². The summed E-state index contributed by atoms with van der Waals surface area (Å²) in [6.07, 6.45) is 3.36. The Morgan fingerprint density at radius 1 is 1.47 bits per heavy atom. The monoisotopic (exact) mass is 236 g/mol. The number of aliphatic carboxylic acids is 1. The molecule has 17 heavy (non-hydrogen) atoms. The fourth-order valence-corrected chi connectivity index (χ4v) is 1.06. The highest BCUT2D eigenvalue weighted by molar-refractivity contribution is 5.73. The van der Waals surface area contributed by atoms with E-state index in [1.807, 2.05) is 12.1 Å². The highest BCUT2D eigenvalue weighted by atomic mass is 16.4. The highest BCUT2D eigenvalue weighted by Crippen LogP contribution is 2.01. The number of hydrogen-bond donors (Lipinski definition) is 3. The number of carboxylic acid groups (broad SMARTS) is 1. The molecule has 2 aromatic rings. The minimum Gasteiger partial charge on any atom is -0.480 e. The molecule has 2 rings (SSSR count). The van der Waals surface area contributed by atoms with Gasteiger partial charge in [-0.1, -0.05) is 13.8 Å². The molecule has 92 valence electrons. The van der Waals surface area contributed by atoms with Crippen molar-refractivity contribution >= 4 is 17.1 Å². The number of aromatic nitrogens is 3. The van der Waals surface area contributed by atoms with Gasteiger partial charge in [0.05, 0.1) is 11.8 Å². The predicted octanol–water partition coefficient (Wildman–Crippen LogP) is 1.01. The van der Waals surface area contributed by atoms with E-state index in [1.165, 1.54) is 0 Å². The summed E-state index contributed by atoms with van der Waals surface area (Å²) in [5.41, 5.74) is 6.92. The van der Waals surface area contributed by atoms with Crippen molar-refractivity contribution in [1.82, 2.24) is 15.0 Å². The van der Waals surface area contributed by atoms with Crippen LogP contribution in [0.2, 0.25) is 0 Å². The van der Waals surface area contributed by atoms with Crippen LogP contribution in [0.3, 0.4) is 0 Å². The Labute approximate surface area is 98.9 Å². The maximum absolute atomic E-state index is 10.0. The summed E-state index contributed by atoms with van der Waals surface area (Å²) in [6, 6.07) is 3.10. The molecule has 0 aliphatic carbocycles. The number of H-pyrrole nitrogens is 1. The van der Waals surface area contributed by atoms with Gasteiger partial charge in [0.2, 0.25) is 0 Å². The third-order valence-corrected chi connectivity index (χ3v) is 2.20. The minimum atomic E-state index is -0.931. The van der Waals surface area contributed by atoms with Crippen LogP contribution in [0.25, 0.3) is 11.2 Å². The largest absolute Gasteiger partial charge is 0.480 e. The highest BCUT2D eigenvalue weighted by Gasteiger charge is 2.14. The molecule has 6 heteroatoms. The van der Waals surface area contributed by atoms with Gasteiger partial charge >= 0.3 is 5.97 Å². The second kappa shape index (κ2) is 5.95. The predicted molar refractivity (Wildman–Crippen MR) is 64.3 cm³/mol. The molecule has 6 nitrogen and oxygen atoms in total. The Bertz CT molecular complexity index is 451. The number of carboxylic acids is 1. The Hall–Kier alpha value is -1.95. The second-order valence-corrected chi connectivity index (χ2v) is 3.89. The van der Waals surface area contributed by atoms with Crippen LogP contribution >= 0.6 is 0 Å². The molecule has 0 aromatic carbocycles. The van der Waals surface area contributed by atoms with Crippen LogP contribution < -0.4 is 5.73 Å². The lowest BCUT2D eigenvalue weighted by Crippen LogP contribution is -2.34. The molecule has 2 aromatic heterocycles. The molecule has 0 unspecified atom stereocenters. The number of nitrogens with one attached hydrogen (secondary N) is 1. The molecule has 0 spiro atoms. The summed E-state index contributed by atoms with van der Waals surface area (Å²) >= 11 is 0. The first-order chi connectivity index (χ1) is 8.02. The molecule has 0 saturated carbocycles. The summed E-state index contributed by atoms with van der Waals surface area (Å²) < 4.78 is 0. The molecule has 0 fully saturated rings. The number of carbonyl (C=O) groups is 1. The van der Waals surface area contributed by atoms with Crippen molar-refractivity contribution in [1.29, 1.82) is 0 Å². The van der Waals surface area contributed by atoms with Crippen molar-refractivity contribution in [2.24, 2.45) is 11.7 Å². The first kappa shape index (κ1) is 13.1. The van der Waals surface area contributed by atoms with Crippen LogP contribution in [0.4, 0.5) is 0 Å². The van der Waals surface area contributed by atoms with Crippen LogP contribution in [0.5, 0.6) is 0 Å². The van der Waals surface area contributed by atoms with Crippen molar-refractivity contribution < 1.29 is 9.90 Å². The van der Waals surface area contributed by atoms with Gasteiger partial charge in [0.25, 0.3) is 0 Å². The van der Waals surface area contributed by atoms with E-state index in [2.05, 4.69) is 15.0 Å². The number of nitrogens with two attached hydrogens (primary N) is 1. The van der Waals surface area contributed by atoms with Gasteiger partial charge in [-0.15, -0.1) is 0 Å². The molecule has 0 aliphatic heterocycles. The lowest BCUT2D eigenvalue weighted by molar-refractivity contribution is -0.139. The molecule has 2 heterocycles. The first-order valence-corrected chi connectivity index (χ1v) is 5.25. The Kier molecular flexibility index (Phi) is 4.59. The number of fused-ring (bicyclic) bond motifs is 1. The third kappa shape index (κ3) is 3.84. The van der Waals surface area contributed by atoms with E-state index >= 15 is 0 Å². The summed E-state index contributed by atoms with van der Waals surface area (Å²) in [5.74, 6) is -0.910. The van der Waals surface area contributed by atoms with Gasteiger partial charge in [-0.05, 0) is 18.1 Å². The second-order valence-electron chi connectivity index (χ2n) is 3.89. The maximum Gasteiger partial charge on any atom is 0.320 e. The van der Waals surface area contributed by atoms with Crippen LogP contribution in [0.15, 0.2) is 24.7 Å². The molecule has 0 amide bonds. The number of nitrogens with zero attached hydrogens (tertiary/aromatic N) is 2. The van der Waals surface area contributed by atoms with Crippen LogP contribution in [-0.2, 0) is 4.79 Å². The third-order valence-electron chi connectivity index (χ3n) is 2.20. The normalized spacial score (nSPS) is 12.0.